The molecule has 0 saturated heterocycles. The molecule has 0 aliphatic heterocycles. The quantitative estimate of drug-likeness (QED) is 0.876. The summed E-state index contributed by atoms with van der Waals surface area (Å²) in [6.07, 6.45) is 5.35. The van der Waals surface area contributed by atoms with E-state index in [4.69, 9.17) is 26.8 Å². The average molecular weight is 371 g/mol. The Morgan fingerprint density at radius 2 is 1.85 bits per heavy atom. The van der Waals surface area contributed by atoms with Crippen molar-refractivity contribution in [1.29, 1.82) is 0 Å². The van der Waals surface area contributed by atoms with Gasteiger partial charge in [-0.05, 0) is 42.3 Å². The molecule has 1 amide bonds. The maximum atomic E-state index is 11.9. The van der Waals surface area contributed by atoms with E-state index in [1.807, 2.05) is 30.3 Å². The maximum absolute atomic E-state index is 11.9. The van der Waals surface area contributed by atoms with Gasteiger partial charge >= 0.3 is 0 Å². The fraction of sp³-hybridized carbons (Fsp3) is 0.200. The predicted octanol–water partition coefficient (Wildman–Crippen LogP) is 3.32. The second-order valence-corrected chi connectivity index (χ2v) is 6.38. The number of hydrogen-bond acceptors (Lipinski definition) is 4. The highest BCUT2D eigenvalue weighted by molar-refractivity contribution is 6.31. The van der Waals surface area contributed by atoms with Crippen LogP contribution in [-0.2, 0) is 10.2 Å². The number of methoxy groups -OCH3 is 2. The number of allylic oxidation sites excluding steroid dienone is 3. The largest absolute Gasteiger partial charge is 0.497 e. The van der Waals surface area contributed by atoms with Crippen molar-refractivity contribution in [2.75, 3.05) is 14.2 Å². The van der Waals surface area contributed by atoms with Crippen molar-refractivity contribution in [2.24, 2.45) is 5.73 Å². The van der Waals surface area contributed by atoms with Gasteiger partial charge in [-0.2, -0.15) is 0 Å². The van der Waals surface area contributed by atoms with Gasteiger partial charge in [-0.25, -0.2) is 0 Å². The van der Waals surface area contributed by atoms with Gasteiger partial charge in [-0.15, -0.1) is 0 Å². The monoisotopic (exact) mass is 370 g/mol. The molecule has 0 bridgehead atoms. The summed E-state index contributed by atoms with van der Waals surface area (Å²) >= 11 is 6.71. The van der Waals surface area contributed by atoms with Crippen LogP contribution in [0.1, 0.15) is 17.7 Å². The van der Waals surface area contributed by atoms with Crippen LogP contribution < -0.4 is 15.2 Å². The van der Waals surface area contributed by atoms with Crippen LogP contribution in [-0.4, -0.2) is 25.1 Å². The molecule has 1 atom stereocenters. The van der Waals surface area contributed by atoms with E-state index in [-0.39, 0.29) is 0 Å². The lowest BCUT2D eigenvalue weighted by Crippen LogP contribution is -2.34. The normalized spacial score (nSPS) is 19.3. The standard InChI is InChI=1S/C20H19ClN2O3/c1-25-15-9-14(10-16(11-15)26-2)20(18-5-3-4-8-23-18)12-13(19(22)24)6-7-17(20)21/h3-11H,12H2,1-2H3,(H2,22,24). The molecule has 3 rings (SSSR count). The Hall–Kier alpha value is -2.79. The summed E-state index contributed by atoms with van der Waals surface area (Å²) in [5, 5.41) is 0.538. The molecule has 0 fully saturated rings. The number of nitrogens with two attached hydrogens (primary N) is 1. The lowest BCUT2D eigenvalue weighted by molar-refractivity contribution is -0.114. The molecule has 2 N–H and O–H groups in total. The van der Waals surface area contributed by atoms with Crippen LogP contribution >= 0.6 is 11.6 Å². The number of aromatic nitrogens is 1. The molecule has 1 aliphatic carbocycles. The number of nitrogens with zero attached hydrogens (tertiary/aromatic N) is 1. The lowest BCUT2D eigenvalue weighted by atomic mass is 9.70. The molecule has 5 nitrogen and oxygen atoms in total. The van der Waals surface area contributed by atoms with Crippen molar-refractivity contribution >= 4 is 17.5 Å². The van der Waals surface area contributed by atoms with Crippen LogP contribution in [0.2, 0.25) is 0 Å². The molecule has 6 heteroatoms. The number of benzene rings is 1. The molecule has 1 heterocycles. The van der Waals surface area contributed by atoms with Gasteiger partial charge in [0.15, 0.2) is 0 Å². The van der Waals surface area contributed by atoms with Crippen LogP contribution in [0.15, 0.2) is 65.4 Å². The lowest BCUT2D eigenvalue weighted by Gasteiger charge is -2.36. The first-order valence-electron chi connectivity index (χ1n) is 8.03. The second-order valence-electron chi connectivity index (χ2n) is 5.97. The molecule has 0 saturated carbocycles. The fourth-order valence-electron chi connectivity index (χ4n) is 3.18. The van der Waals surface area contributed by atoms with Gasteiger partial charge in [0.2, 0.25) is 5.91 Å². The highest BCUT2D eigenvalue weighted by Crippen LogP contribution is 2.48. The number of carbonyl (C=O) groups is 1. The van der Waals surface area contributed by atoms with Gasteiger partial charge in [0, 0.05) is 22.9 Å². The molecule has 26 heavy (non-hydrogen) atoms. The highest BCUT2D eigenvalue weighted by Gasteiger charge is 2.42. The predicted molar refractivity (Wildman–Crippen MR) is 100 cm³/mol. The minimum absolute atomic E-state index is 0.297. The topological polar surface area (TPSA) is 74.4 Å². The first kappa shape index (κ1) is 18.0. The van der Waals surface area contributed by atoms with Gasteiger partial charge in [0.25, 0.3) is 0 Å². The SMILES string of the molecule is COc1cc(OC)cc(C2(c3ccccn3)CC(C(N)=O)=CC=C2Cl)c1. The van der Waals surface area contributed by atoms with Crippen LogP contribution in [0.5, 0.6) is 11.5 Å². The van der Waals surface area contributed by atoms with Crippen LogP contribution in [0, 0.1) is 0 Å². The summed E-state index contributed by atoms with van der Waals surface area (Å²) in [5.41, 5.74) is 6.69. The Morgan fingerprint density at radius 1 is 1.15 bits per heavy atom. The van der Waals surface area contributed by atoms with Crippen molar-refractivity contribution in [1.82, 2.24) is 4.98 Å². The van der Waals surface area contributed by atoms with Gasteiger partial charge in [-0.3, -0.25) is 9.78 Å². The number of primary amides is 1. The molecule has 2 aromatic rings. The van der Waals surface area contributed by atoms with E-state index in [0.29, 0.717) is 34.2 Å². The molecule has 0 radical (unpaired) electrons. The van der Waals surface area contributed by atoms with Crippen LogP contribution in [0.3, 0.4) is 0 Å². The molecule has 1 aromatic heterocycles. The maximum Gasteiger partial charge on any atom is 0.244 e. The third-order valence-electron chi connectivity index (χ3n) is 4.56. The molecular weight excluding hydrogens is 352 g/mol. The van der Waals surface area contributed by atoms with E-state index in [2.05, 4.69) is 4.98 Å². The van der Waals surface area contributed by atoms with Crippen molar-refractivity contribution in [2.45, 2.75) is 11.8 Å². The first-order chi connectivity index (χ1) is 12.5. The minimum atomic E-state index is -0.857. The van der Waals surface area contributed by atoms with E-state index in [1.165, 1.54) is 0 Å². The van der Waals surface area contributed by atoms with Crippen molar-refractivity contribution in [3.63, 3.8) is 0 Å². The fourth-order valence-corrected chi connectivity index (χ4v) is 3.52. The zero-order valence-corrected chi connectivity index (χ0v) is 15.3. The van der Waals surface area contributed by atoms with Gasteiger partial charge in [0.05, 0.1) is 25.3 Å². The number of halogens is 1. The van der Waals surface area contributed by atoms with E-state index in [0.717, 1.165) is 5.56 Å². The summed E-state index contributed by atoms with van der Waals surface area (Å²) < 4.78 is 10.8. The molecule has 1 aromatic carbocycles. The third kappa shape index (κ3) is 3.06. The summed E-state index contributed by atoms with van der Waals surface area (Å²) in [6, 6.07) is 11.1. The van der Waals surface area contributed by atoms with E-state index in [9.17, 15) is 4.79 Å². The number of pyridine rings is 1. The third-order valence-corrected chi connectivity index (χ3v) is 5.01. The van der Waals surface area contributed by atoms with E-state index in [1.54, 1.807) is 38.6 Å². The zero-order chi connectivity index (χ0) is 18.7. The Labute approximate surface area is 157 Å². The number of amides is 1. The molecule has 1 unspecified atom stereocenters. The number of ether oxygens (including phenoxy) is 2. The van der Waals surface area contributed by atoms with E-state index >= 15 is 0 Å². The molecule has 1 aliphatic rings. The van der Waals surface area contributed by atoms with Crippen LogP contribution in [0.25, 0.3) is 0 Å². The number of hydrogen-bond donors (Lipinski definition) is 1. The Balaban J connectivity index is 2.29. The van der Waals surface area contributed by atoms with Crippen molar-refractivity contribution < 1.29 is 14.3 Å². The van der Waals surface area contributed by atoms with Crippen molar-refractivity contribution in [3.05, 3.63) is 76.6 Å². The van der Waals surface area contributed by atoms with E-state index < -0.39 is 11.3 Å². The van der Waals surface area contributed by atoms with Gasteiger partial charge in [0.1, 0.15) is 11.5 Å². The second kappa shape index (κ2) is 7.22. The minimum Gasteiger partial charge on any atom is -0.497 e. The zero-order valence-electron chi connectivity index (χ0n) is 14.5. The number of rotatable bonds is 5. The molecular formula is C20H19ClN2O3. The highest BCUT2D eigenvalue weighted by atomic mass is 35.5. The molecule has 134 valence electrons. The van der Waals surface area contributed by atoms with Gasteiger partial charge in [-0.1, -0.05) is 23.7 Å². The first-order valence-corrected chi connectivity index (χ1v) is 8.40. The smallest absolute Gasteiger partial charge is 0.244 e. The summed E-state index contributed by atoms with van der Waals surface area (Å²) in [5.74, 6) is 0.754. The number of carbonyl (C=O) groups excluding carboxylic acids is 1. The summed E-state index contributed by atoms with van der Waals surface area (Å²) in [4.78, 5) is 16.4. The Morgan fingerprint density at radius 3 is 2.38 bits per heavy atom. The summed E-state index contributed by atoms with van der Waals surface area (Å²) in [7, 11) is 3.16. The van der Waals surface area contributed by atoms with Crippen molar-refractivity contribution in [3.8, 4) is 11.5 Å². The average Bonchev–Trinajstić information content (AvgIpc) is 2.68. The Bertz CT molecular complexity index is 871. The molecule has 0 spiro atoms. The Kier molecular flexibility index (Phi) is 5.00. The van der Waals surface area contributed by atoms with Crippen LogP contribution in [0.4, 0.5) is 0 Å². The van der Waals surface area contributed by atoms with Gasteiger partial charge < -0.3 is 15.2 Å². The summed E-state index contributed by atoms with van der Waals surface area (Å²) in [6.45, 7) is 0.